The molecule has 0 amide bonds. The van der Waals surface area contributed by atoms with Gasteiger partial charge in [0.1, 0.15) is 6.34 Å². The summed E-state index contributed by atoms with van der Waals surface area (Å²) in [6.45, 7) is 0. The van der Waals surface area contributed by atoms with E-state index < -0.39 is 5.62 Å². The Morgan fingerprint density at radius 2 is 2.50 bits per heavy atom. The van der Waals surface area contributed by atoms with E-state index >= 15 is 0 Å². The molecule has 0 aromatic carbocycles. The SMILES string of the molecule is CN1N=CN(F)C1Cl. The zero-order valence-corrected chi connectivity index (χ0v) is 5.01. The summed E-state index contributed by atoms with van der Waals surface area (Å²) in [6, 6.07) is 0. The van der Waals surface area contributed by atoms with E-state index in [1.54, 1.807) is 7.05 Å². The monoisotopic (exact) mass is 137 g/mol. The zero-order valence-electron chi connectivity index (χ0n) is 4.25. The van der Waals surface area contributed by atoms with Crippen LogP contribution in [0.5, 0.6) is 0 Å². The van der Waals surface area contributed by atoms with Gasteiger partial charge < -0.3 is 0 Å². The van der Waals surface area contributed by atoms with Crippen LogP contribution in [0.2, 0.25) is 0 Å². The predicted molar refractivity (Wildman–Crippen MR) is 28.8 cm³/mol. The first-order valence-electron chi connectivity index (χ1n) is 2.07. The highest BCUT2D eigenvalue weighted by Crippen LogP contribution is 2.12. The standard InChI is InChI=1S/C3H5ClFN3/c1-7-3(4)8(5)2-6-7/h2-3H,1H3. The van der Waals surface area contributed by atoms with Crippen molar-refractivity contribution in [3.05, 3.63) is 0 Å². The first-order chi connectivity index (χ1) is 3.72. The third-order valence-corrected chi connectivity index (χ3v) is 1.32. The molecule has 46 valence electrons. The highest BCUT2D eigenvalue weighted by Gasteiger charge is 2.21. The fourth-order valence-electron chi connectivity index (χ4n) is 0.400. The molecule has 0 spiro atoms. The molecule has 1 aliphatic rings. The summed E-state index contributed by atoms with van der Waals surface area (Å²) >= 11 is 5.36. The van der Waals surface area contributed by atoms with E-state index in [0.717, 1.165) is 6.34 Å². The Morgan fingerprint density at radius 1 is 1.88 bits per heavy atom. The first-order valence-corrected chi connectivity index (χ1v) is 2.50. The number of rotatable bonds is 0. The average molecular weight is 138 g/mol. The first kappa shape index (κ1) is 5.62. The van der Waals surface area contributed by atoms with Crippen molar-refractivity contribution in [3.8, 4) is 0 Å². The van der Waals surface area contributed by atoms with Gasteiger partial charge >= 0.3 is 0 Å². The van der Waals surface area contributed by atoms with Crippen molar-refractivity contribution >= 4 is 17.9 Å². The molecular formula is C3H5ClFN3. The summed E-state index contributed by atoms with van der Waals surface area (Å²) in [5.41, 5.74) is -0.769. The van der Waals surface area contributed by atoms with Crippen molar-refractivity contribution in [1.82, 2.24) is 10.1 Å². The fraction of sp³-hybridized carbons (Fsp3) is 0.667. The minimum absolute atomic E-state index is 0.321. The van der Waals surface area contributed by atoms with Crippen LogP contribution in [0, 0.1) is 0 Å². The number of hydrogen-bond donors (Lipinski definition) is 0. The van der Waals surface area contributed by atoms with Crippen LogP contribution < -0.4 is 0 Å². The van der Waals surface area contributed by atoms with Crippen molar-refractivity contribution in [2.75, 3.05) is 7.05 Å². The summed E-state index contributed by atoms with van der Waals surface area (Å²) in [7, 11) is 1.59. The van der Waals surface area contributed by atoms with Crippen molar-refractivity contribution in [3.63, 3.8) is 0 Å². The van der Waals surface area contributed by atoms with Crippen LogP contribution >= 0.6 is 11.6 Å². The highest BCUT2D eigenvalue weighted by atomic mass is 35.5. The minimum Gasteiger partial charge on any atom is -0.260 e. The van der Waals surface area contributed by atoms with Crippen LogP contribution in [0.25, 0.3) is 0 Å². The molecule has 3 nitrogen and oxygen atoms in total. The van der Waals surface area contributed by atoms with Gasteiger partial charge in [-0.1, -0.05) is 16.1 Å². The largest absolute Gasteiger partial charge is 0.260 e. The predicted octanol–water partition coefficient (Wildman–Crippen LogP) is 0.584. The molecule has 0 aromatic heterocycles. The second-order valence-electron chi connectivity index (χ2n) is 1.46. The van der Waals surface area contributed by atoms with Crippen LogP contribution in [-0.4, -0.2) is 29.1 Å². The molecule has 1 heterocycles. The molecule has 0 aromatic rings. The third kappa shape index (κ3) is 0.709. The van der Waals surface area contributed by atoms with Crippen LogP contribution in [0.4, 0.5) is 4.48 Å². The van der Waals surface area contributed by atoms with E-state index in [1.807, 2.05) is 0 Å². The van der Waals surface area contributed by atoms with Gasteiger partial charge in [-0.3, -0.25) is 5.01 Å². The molecule has 0 fully saturated rings. The lowest BCUT2D eigenvalue weighted by atomic mass is 11.0. The molecule has 1 rings (SSSR count). The number of hydrazone groups is 1. The van der Waals surface area contributed by atoms with Crippen molar-refractivity contribution in [1.29, 1.82) is 0 Å². The molecule has 1 atom stereocenters. The molecule has 0 bridgehead atoms. The van der Waals surface area contributed by atoms with E-state index in [4.69, 9.17) is 11.6 Å². The lowest BCUT2D eigenvalue weighted by Gasteiger charge is -2.12. The Kier molecular flexibility index (Phi) is 1.25. The van der Waals surface area contributed by atoms with Gasteiger partial charge in [-0.15, -0.1) is 0 Å². The van der Waals surface area contributed by atoms with Gasteiger partial charge in [0, 0.05) is 7.05 Å². The van der Waals surface area contributed by atoms with Gasteiger partial charge in [-0.2, -0.15) is 10.2 Å². The Hall–Kier alpha value is -0.510. The summed E-state index contributed by atoms with van der Waals surface area (Å²) in [6.07, 6.45) is 1.03. The normalized spacial score (nSPS) is 27.6. The number of halogens is 2. The molecule has 1 aliphatic heterocycles. The molecule has 5 heteroatoms. The van der Waals surface area contributed by atoms with Crippen molar-refractivity contribution in [2.45, 2.75) is 5.62 Å². The van der Waals surface area contributed by atoms with Gasteiger partial charge in [0.05, 0.1) is 0 Å². The summed E-state index contributed by atoms with van der Waals surface area (Å²) < 4.78 is 12.1. The molecule has 0 radical (unpaired) electrons. The van der Waals surface area contributed by atoms with Crippen LogP contribution in [0.3, 0.4) is 0 Å². The van der Waals surface area contributed by atoms with Crippen LogP contribution in [-0.2, 0) is 0 Å². The quantitative estimate of drug-likeness (QED) is 0.276. The molecule has 0 saturated carbocycles. The van der Waals surface area contributed by atoms with Crippen molar-refractivity contribution < 1.29 is 4.48 Å². The van der Waals surface area contributed by atoms with Gasteiger partial charge in [0.2, 0.25) is 5.62 Å². The Morgan fingerprint density at radius 3 is 2.62 bits per heavy atom. The van der Waals surface area contributed by atoms with Gasteiger partial charge in [0.15, 0.2) is 0 Å². The number of alkyl halides is 1. The maximum absolute atomic E-state index is 12.1. The second kappa shape index (κ2) is 1.78. The van der Waals surface area contributed by atoms with Crippen LogP contribution in [0.1, 0.15) is 0 Å². The smallest absolute Gasteiger partial charge is 0.223 e. The van der Waals surface area contributed by atoms with Gasteiger partial charge in [0.25, 0.3) is 0 Å². The molecule has 0 saturated heterocycles. The Labute approximate surface area is 51.3 Å². The molecule has 0 aliphatic carbocycles. The van der Waals surface area contributed by atoms with Crippen molar-refractivity contribution in [2.24, 2.45) is 5.10 Å². The minimum atomic E-state index is -0.769. The summed E-state index contributed by atoms with van der Waals surface area (Å²) in [4.78, 5) is 0. The zero-order chi connectivity index (χ0) is 6.15. The Bertz CT molecular complexity index is 105. The Balaban J connectivity index is 2.55. The van der Waals surface area contributed by atoms with Gasteiger partial charge in [-0.25, -0.2) is 0 Å². The molecular weight excluding hydrogens is 133 g/mol. The summed E-state index contributed by atoms with van der Waals surface area (Å²) in [5.74, 6) is 0. The number of nitrogens with zero attached hydrogens (tertiary/aromatic N) is 3. The van der Waals surface area contributed by atoms with E-state index in [2.05, 4.69) is 5.10 Å². The highest BCUT2D eigenvalue weighted by molar-refractivity contribution is 6.20. The molecule has 0 N–H and O–H groups in total. The maximum Gasteiger partial charge on any atom is 0.223 e. The van der Waals surface area contributed by atoms with Crippen LogP contribution in [0.15, 0.2) is 5.10 Å². The topological polar surface area (TPSA) is 18.8 Å². The fourth-order valence-corrected chi connectivity index (χ4v) is 0.501. The lowest BCUT2D eigenvalue weighted by Crippen LogP contribution is -2.26. The third-order valence-electron chi connectivity index (χ3n) is 0.856. The van der Waals surface area contributed by atoms with E-state index in [9.17, 15) is 4.48 Å². The lowest BCUT2D eigenvalue weighted by molar-refractivity contribution is 0.0653. The second-order valence-corrected chi connectivity index (χ2v) is 1.85. The van der Waals surface area contributed by atoms with E-state index in [1.165, 1.54) is 5.01 Å². The molecule has 8 heavy (non-hydrogen) atoms. The van der Waals surface area contributed by atoms with Gasteiger partial charge in [-0.05, 0) is 0 Å². The maximum atomic E-state index is 12.1. The summed E-state index contributed by atoms with van der Waals surface area (Å²) in [5, 5.41) is 5.15. The van der Waals surface area contributed by atoms with E-state index in [0.29, 0.717) is 5.12 Å². The molecule has 1 unspecified atom stereocenters. The number of hydrogen-bond acceptors (Lipinski definition) is 3. The van der Waals surface area contributed by atoms with E-state index in [-0.39, 0.29) is 0 Å². The average Bonchev–Trinajstić information content (AvgIpc) is 1.98.